The molecule has 3 aromatic rings. The van der Waals surface area contributed by atoms with Crippen molar-refractivity contribution >= 4 is 29.1 Å². The first kappa shape index (κ1) is 30.9. The summed E-state index contributed by atoms with van der Waals surface area (Å²) in [4.78, 5) is 28.4. The number of alkyl halides is 3. The topological polar surface area (TPSA) is 80.7 Å². The van der Waals surface area contributed by atoms with Gasteiger partial charge in [0.25, 0.3) is 11.8 Å². The van der Waals surface area contributed by atoms with Crippen LogP contribution in [0.3, 0.4) is 0 Å². The van der Waals surface area contributed by atoms with Crippen molar-refractivity contribution in [2.75, 3.05) is 41.0 Å². The van der Waals surface area contributed by atoms with Crippen molar-refractivity contribution in [2.24, 2.45) is 5.10 Å². The van der Waals surface area contributed by atoms with Crippen molar-refractivity contribution < 1.29 is 37.0 Å². The number of hydrogen-bond acceptors (Lipinski definition) is 6. The molecule has 1 atom stereocenters. The summed E-state index contributed by atoms with van der Waals surface area (Å²) >= 11 is 6.46. The van der Waals surface area contributed by atoms with E-state index >= 15 is 0 Å². The molecule has 0 saturated carbocycles. The number of hydrogen-bond donors (Lipinski definition) is 0. The molecule has 222 valence electrons. The lowest BCUT2D eigenvalue weighted by molar-refractivity contribution is -0.137. The first-order valence-electron chi connectivity index (χ1n) is 12.9. The normalized spacial score (nSPS) is 14.9. The van der Waals surface area contributed by atoms with Crippen LogP contribution in [0.2, 0.25) is 5.02 Å². The molecule has 0 spiro atoms. The van der Waals surface area contributed by atoms with Crippen LogP contribution < -0.4 is 9.47 Å². The van der Waals surface area contributed by atoms with Crippen LogP contribution in [0.15, 0.2) is 71.8 Å². The molecule has 4 rings (SSSR count). The van der Waals surface area contributed by atoms with E-state index in [1.165, 1.54) is 31.2 Å². The molecule has 0 aromatic heterocycles. The Labute approximate surface area is 246 Å². The van der Waals surface area contributed by atoms with Crippen LogP contribution in [0.25, 0.3) is 0 Å². The van der Waals surface area contributed by atoms with E-state index in [0.29, 0.717) is 39.8 Å². The zero-order valence-corrected chi connectivity index (χ0v) is 23.9. The van der Waals surface area contributed by atoms with Gasteiger partial charge in [-0.15, -0.1) is 0 Å². The van der Waals surface area contributed by atoms with Gasteiger partial charge in [0.2, 0.25) is 0 Å². The van der Waals surface area contributed by atoms with Gasteiger partial charge in [0, 0.05) is 41.8 Å². The Morgan fingerprint density at radius 1 is 1.02 bits per heavy atom. The van der Waals surface area contributed by atoms with E-state index in [9.17, 15) is 22.8 Å². The zero-order valence-electron chi connectivity index (χ0n) is 23.2. The predicted molar refractivity (Wildman–Crippen MR) is 151 cm³/mol. The summed E-state index contributed by atoms with van der Waals surface area (Å²) in [6.07, 6.45) is -4.25. The third-order valence-electron chi connectivity index (χ3n) is 6.78. The minimum Gasteiger partial charge on any atom is -0.497 e. The number of carbonyl (C=O) groups excluding carboxylic acids is 2. The third kappa shape index (κ3) is 6.85. The highest BCUT2D eigenvalue weighted by Crippen LogP contribution is 2.40. The second kappa shape index (κ2) is 13.3. The first-order chi connectivity index (χ1) is 20.1. The van der Waals surface area contributed by atoms with E-state index in [1.54, 1.807) is 36.4 Å². The maximum atomic E-state index is 13.9. The minimum absolute atomic E-state index is 0.000373. The lowest BCUT2D eigenvalue weighted by Crippen LogP contribution is -2.42. The smallest absolute Gasteiger partial charge is 0.416 e. The number of methoxy groups -OCH3 is 3. The third-order valence-corrected chi connectivity index (χ3v) is 7.11. The number of rotatable bonds is 10. The van der Waals surface area contributed by atoms with Crippen LogP contribution in [-0.2, 0) is 15.7 Å². The van der Waals surface area contributed by atoms with Crippen LogP contribution in [0.4, 0.5) is 13.2 Å². The summed E-state index contributed by atoms with van der Waals surface area (Å²) in [5, 5.41) is 6.38. The standard InChI is InChI=1S/C30H29ClF3N3O5/c1-40-15-14-36(29(39)19-8-10-20(11-9-19)30(32,33)34)18-28(38)37-26(23-16-21(41-2)12-13-27(23)42-3)17-25(35-37)22-6-4-5-7-24(22)31/h4-13,16,26H,14-15,17-18H2,1-3H3/t26-/m0/s1. The van der Waals surface area contributed by atoms with Crippen molar-refractivity contribution in [1.29, 1.82) is 0 Å². The van der Waals surface area contributed by atoms with Gasteiger partial charge in [-0.05, 0) is 48.5 Å². The monoisotopic (exact) mass is 603 g/mol. The molecule has 1 aliphatic heterocycles. The Morgan fingerprint density at radius 3 is 2.36 bits per heavy atom. The highest BCUT2D eigenvalue weighted by Gasteiger charge is 2.37. The lowest BCUT2D eigenvalue weighted by atomic mass is 9.97. The molecule has 1 aliphatic rings. The molecule has 8 nitrogen and oxygen atoms in total. The average Bonchev–Trinajstić information content (AvgIpc) is 3.43. The first-order valence-corrected chi connectivity index (χ1v) is 13.3. The summed E-state index contributed by atoms with van der Waals surface area (Å²) in [5.74, 6) is -0.0997. The Bertz CT molecular complexity index is 1460. The van der Waals surface area contributed by atoms with Crippen LogP contribution >= 0.6 is 11.6 Å². The molecule has 2 amide bonds. The predicted octanol–water partition coefficient (Wildman–Crippen LogP) is 5.84. The molecule has 42 heavy (non-hydrogen) atoms. The van der Waals surface area contributed by atoms with E-state index < -0.39 is 36.1 Å². The molecule has 3 aromatic carbocycles. The van der Waals surface area contributed by atoms with Gasteiger partial charge in [0.1, 0.15) is 18.0 Å². The summed E-state index contributed by atoms with van der Waals surface area (Å²) < 4.78 is 55.3. The zero-order chi connectivity index (χ0) is 30.4. The SMILES string of the molecule is COCCN(CC(=O)N1N=C(c2ccccc2Cl)C[C@H]1c1cc(OC)ccc1OC)C(=O)c1ccc(C(F)(F)F)cc1. The lowest BCUT2D eigenvalue weighted by Gasteiger charge is -2.28. The van der Waals surface area contributed by atoms with Crippen molar-refractivity contribution in [3.05, 3.63) is 94.0 Å². The fourth-order valence-corrected chi connectivity index (χ4v) is 4.86. The second-order valence-corrected chi connectivity index (χ2v) is 9.79. The number of carbonyl (C=O) groups is 2. The fraction of sp³-hybridized carbons (Fsp3) is 0.300. The van der Waals surface area contributed by atoms with Gasteiger partial charge in [-0.1, -0.05) is 29.8 Å². The molecule has 0 aliphatic carbocycles. The summed E-state index contributed by atoms with van der Waals surface area (Å²) in [6.45, 7) is -0.295. The van der Waals surface area contributed by atoms with Gasteiger partial charge in [-0.3, -0.25) is 9.59 Å². The van der Waals surface area contributed by atoms with E-state index in [-0.39, 0.29) is 18.7 Å². The fourth-order valence-electron chi connectivity index (χ4n) is 4.61. The van der Waals surface area contributed by atoms with Crippen LogP contribution in [0, 0.1) is 0 Å². The number of hydrazone groups is 1. The van der Waals surface area contributed by atoms with Crippen LogP contribution in [-0.4, -0.2) is 68.5 Å². The Kier molecular flexibility index (Phi) is 9.74. The largest absolute Gasteiger partial charge is 0.497 e. The van der Waals surface area contributed by atoms with Gasteiger partial charge < -0.3 is 19.1 Å². The van der Waals surface area contributed by atoms with E-state index in [4.69, 9.17) is 25.8 Å². The Morgan fingerprint density at radius 2 is 1.74 bits per heavy atom. The van der Waals surface area contributed by atoms with Crippen molar-refractivity contribution in [3.8, 4) is 11.5 Å². The molecular formula is C30H29ClF3N3O5. The van der Waals surface area contributed by atoms with Gasteiger partial charge in [-0.2, -0.15) is 18.3 Å². The molecule has 0 radical (unpaired) electrons. The molecule has 0 N–H and O–H groups in total. The molecule has 0 unspecified atom stereocenters. The van der Waals surface area contributed by atoms with E-state index in [0.717, 1.165) is 24.3 Å². The van der Waals surface area contributed by atoms with Crippen molar-refractivity contribution in [3.63, 3.8) is 0 Å². The number of nitrogens with zero attached hydrogens (tertiary/aromatic N) is 3. The quantitative estimate of drug-likeness (QED) is 0.291. The highest BCUT2D eigenvalue weighted by atomic mass is 35.5. The van der Waals surface area contributed by atoms with Gasteiger partial charge in [-0.25, -0.2) is 5.01 Å². The Hall–Kier alpha value is -4.09. The number of ether oxygens (including phenoxy) is 3. The molecular weight excluding hydrogens is 575 g/mol. The molecule has 0 bridgehead atoms. The number of benzene rings is 3. The Balaban J connectivity index is 1.69. The van der Waals surface area contributed by atoms with Crippen molar-refractivity contribution in [2.45, 2.75) is 18.6 Å². The van der Waals surface area contributed by atoms with Crippen molar-refractivity contribution in [1.82, 2.24) is 9.91 Å². The molecule has 1 heterocycles. The number of amides is 2. The van der Waals surface area contributed by atoms with E-state index in [2.05, 4.69) is 5.10 Å². The maximum absolute atomic E-state index is 13.9. The van der Waals surface area contributed by atoms with Crippen LogP contribution in [0.5, 0.6) is 11.5 Å². The van der Waals surface area contributed by atoms with Gasteiger partial charge >= 0.3 is 6.18 Å². The highest BCUT2D eigenvalue weighted by molar-refractivity contribution is 6.34. The summed E-state index contributed by atoms with van der Waals surface area (Å²) in [5.41, 5.74) is 0.958. The molecule has 12 heteroatoms. The van der Waals surface area contributed by atoms with Gasteiger partial charge in [0.15, 0.2) is 0 Å². The summed E-state index contributed by atoms with van der Waals surface area (Å²) in [6, 6.07) is 15.5. The van der Waals surface area contributed by atoms with E-state index in [1.807, 2.05) is 6.07 Å². The number of halogens is 4. The van der Waals surface area contributed by atoms with Gasteiger partial charge in [0.05, 0.1) is 38.1 Å². The molecule has 0 saturated heterocycles. The molecule has 0 fully saturated rings. The minimum atomic E-state index is -4.55. The second-order valence-electron chi connectivity index (χ2n) is 9.39. The maximum Gasteiger partial charge on any atom is 0.416 e. The summed E-state index contributed by atoms with van der Waals surface area (Å²) in [7, 11) is 4.47. The average molecular weight is 604 g/mol. The van der Waals surface area contributed by atoms with Crippen LogP contribution in [0.1, 0.15) is 39.5 Å².